The van der Waals surface area contributed by atoms with Crippen LogP contribution in [-0.2, 0) is 0 Å². The van der Waals surface area contributed by atoms with Crippen molar-refractivity contribution in [3.8, 4) is 23.8 Å². The molecule has 0 atom stereocenters. The van der Waals surface area contributed by atoms with Gasteiger partial charge in [0.2, 0.25) is 5.88 Å². The third kappa shape index (κ3) is 6.70. The third-order valence-corrected chi connectivity index (χ3v) is 4.98. The smallest absolute Gasteiger partial charge is 0.213 e. The number of piperazine rings is 1. The molecule has 0 aliphatic carbocycles. The summed E-state index contributed by atoms with van der Waals surface area (Å²) < 4.78 is 11.4. The number of rotatable bonds is 10. The van der Waals surface area contributed by atoms with Crippen LogP contribution in [0.1, 0.15) is 24.0 Å². The number of hydrogen-bond donors (Lipinski definition) is 0. The van der Waals surface area contributed by atoms with Gasteiger partial charge in [0.25, 0.3) is 0 Å². The fraction of sp³-hybridized carbons (Fsp3) is 0.455. The van der Waals surface area contributed by atoms with Crippen molar-refractivity contribution in [1.82, 2.24) is 19.8 Å². The van der Waals surface area contributed by atoms with Gasteiger partial charge in [-0.3, -0.25) is 4.98 Å². The summed E-state index contributed by atoms with van der Waals surface area (Å²) in [4.78, 5) is 13.0. The minimum Gasteiger partial charge on any atom is -0.492 e. The van der Waals surface area contributed by atoms with Gasteiger partial charge in [-0.25, -0.2) is 4.98 Å². The maximum Gasteiger partial charge on any atom is 0.213 e. The molecule has 3 heterocycles. The zero-order chi connectivity index (χ0) is 21.0. The van der Waals surface area contributed by atoms with E-state index in [1.54, 1.807) is 24.4 Å². The minimum absolute atomic E-state index is 0.477. The maximum absolute atomic E-state index is 9.05. The summed E-state index contributed by atoms with van der Waals surface area (Å²) in [6, 6.07) is 9.33. The zero-order valence-electron chi connectivity index (χ0n) is 17.0. The molecular weight excluding hydrogens is 380 g/mol. The summed E-state index contributed by atoms with van der Waals surface area (Å²) in [5.74, 6) is 1.17. The summed E-state index contributed by atoms with van der Waals surface area (Å²) in [6.07, 6.45) is 6.57. The van der Waals surface area contributed by atoms with Crippen LogP contribution >= 0.6 is 0 Å². The molecule has 2 aromatic heterocycles. The van der Waals surface area contributed by atoms with Crippen molar-refractivity contribution in [3.63, 3.8) is 0 Å². The van der Waals surface area contributed by atoms with Crippen LogP contribution in [0.4, 0.5) is 0 Å². The monoisotopic (exact) mass is 406 g/mol. The van der Waals surface area contributed by atoms with Gasteiger partial charge in [-0.1, -0.05) is 0 Å². The molecule has 0 spiro atoms. The quantitative estimate of drug-likeness (QED) is 0.553. The summed E-state index contributed by atoms with van der Waals surface area (Å²) in [5, 5.41) is 17.8. The molecule has 0 saturated carbocycles. The minimum atomic E-state index is 0.477. The molecule has 8 heteroatoms. The molecule has 0 aromatic carbocycles. The lowest BCUT2D eigenvalue weighted by Crippen LogP contribution is -2.47. The first-order valence-corrected chi connectivity index (χ1v) is 10.2. The average Bonchev–Trinajstić information content (AvgIpc) is 2.81. The molecule has 30 heavy (non-hydrogen) atoms. The van der Waals surface area contributed by atoms with Gasteiger partial charge in [-0.2, -0.15) is 10.5 Å². The van der Waals surface area contributed by atoms with Crippen LogP contribution in [0.5, 0.6) is 11.6 Å². The molecule has 1 aliphatic heterocycles. The van der Waals surface area contributed by atoms with Crippen molar-refractivity contribution in [2.75, 3.05) is 52.5 Å². The topological polar surface area (TPSA) is 98.3 Å². The molecule has 3 rings (SSSR count). The molecule has 0 unspecified atom stereocenters. The van der Waals surface area contributed by atoms with Gasteiger partial charge in [-0.15, -0.1) is 0 Å². The molecule has 0 bridgehead atoms. The molecule has 0 radical (unpaired) electrons. The first kappa shape index (κ1) is 21.5. The van der Waals surface area contributed by atoms with Crippen LogP contribution in [-0.4, -0.2) is 72.3 Å². The number of ether oxygens (including phenoxy) is 2. The number of hydrogen-bond acceptors (Lipinski definition) is 8. The summed E-state index contributed by atoms with van der Waals surface area (Å²) >= 11 is 0. The highest BCUT2D eigenvalue weighted by atomic mass is 16.5. The van der Waals surface area contributed by atoms with Gasteiger partial charge in [0.15, 0.2) is 0 Å². The molecule has 0 amide bonds. The second-order valence-electron chi connectivity index (χ2n) is 7.07. The maximum atomic E-state index is 9.05. The Hall–Kier alpha value is -3.20. The molecule has 1 fully saturated rings. The van der Waals surface area contributed by atoms with Crippen LogP contribution in [0.3, 0.4) is 0 Å². The highest BCUT2D eigenvalue weighted by molar-refractivity contribution is 5.39. The number of nitriles is 2. The molecule has 0 N–H and O–H groups in total. The standard InChI is InChI=1S/C22H26N6O2/c23-15-19-3-4-22(26-17-19)30-14-2-8-28-11-9-27(10-12-28)7-1-13-29-21-5-6-25-18-20(21)16-24/h3-6,17-18H,1-2,7-14H2. The summed E-state index contributed by atoms with van der Waals surface area (Å²) in [5.41, 5.74) is 1.01. The van der Waals surface area contributed by atoms with Crippen LogP contribution in [0.25, 0.3) is 0 Å². The van der Waals surface area contributed by atoms with E-state index < -0.39 is 0 Å². The Bertz CT molecular complexity index is 866. The van der Waals surface area contributed by atoms with Crippen LogP contribution in [0, 0.1) is 22.7 Å². The van der Waals surface area contributed by atoms with Crippen molar-refractivity contribution in [1.29, 1.82) is 10.5 Å². The Labute approximate surface area is 177 Å². The lowest BCUT2D eigenvalue weighted by molar-refractivity contribution is 0.120. The van der Waals surface area contributed by atoms with Crippen molar-refractivity contribution in [2.45, 2.75) is 12.8 Å². The summed E-state index contributed by atoms with van der Waals surface area (Å²) in [6.45, 7) is 7.43. The van der Waals surface area contributed by atoms with Crippen molar-refractivity contribution in [3.05, 3.63) is 47.9 Å². The van der Waals surface area contributed by atoms with Gasteiger partial charge < -0.3 is 19.3 Å². The van der Waals surface area contributed by atoms with E-state index in [9.17, 15) is 0 Å². The Balaban J connectivity index is 1.24. The molecular formula is C22H26N6O2. The predicted octanol–water partition coefficient (Wildman–Crippen LogP) is 2.08. The van der Waals surface area contributed by atoms with E-state index >= 15 is 0 Å². The van der Waals surface area contributed by atoms with Crippen LogP contribution < -0.4 is 9.47 Å². The van der Waals surface area contributed by atoms with E-state index in [4.69, 9.17) is 20.0 Å². The Morgan fingerprint density at radius 2 is 1.57 bits per heavy atom. The van der Waals surface area contributed by atoms with Crippen molar-refractivity contribution in [2.24, 2.45) is 0 Å². The van der Waals surface area contributed by atoms with E-state index in [1.165, 1.54) is 12.4 Å². The fourth-order valence-corrected chi connectivity index (χ4v) is 3.30. The van der Waals surface area contributed by atoms with Crippen LogP contribution in [0.2, 0.25) is 0 Å². The first-order valence-electron chi connectivity index (χ1n) is 10.2. The van der Waals surface area contributed by atoms with Gasteiger partial charge >= 0.3 is 0 Å². The molecule has 2 aromatic rings. The SMILES string of the molecule is N#Cc1ccc(OCCCN2CCN(CCCOc3ccncc3C#N)CC2)nc1. The van der Waals surface area contributed by atoms with E-state index in [-0.39, 0.29) is 0 Å². The van der Waals surface area contributed by atoms with E-state index in [0.717, 1.165) is 52.1 Å². The first-order chi connectivity index (χ1) is 14.8. The molecule has 156 valence electrons. The van der Waals surface area contributed by atoms with Crippen molar-refractivity contribution >= 4 is 0 Å². The highest BCUT2D eigenvalue weighted by Crippen LogP contribution is 2.15. The second-order valence-corrected chi connectivity index (χ2v) is 7.07. The number of nitrogens with zero attached hydrogens (tertiary/aromatic N) is 6. The molecule has 1 saturated heterocycles. The summed E-state index contributed by atoms with van der Waals surface area (Å²) in [7, 11) is 0. The van der Waals surface area contributed by atoms with Gasteiger partial charge in [0, 0.05) is 63.9 Å². The largest absolute Gasteiger partial charge is 0.492 e. The normalized spacial score (nSPS) is 14.6. The second kappa shape index (κ2) is 11.7. The Morgan fingerprint density at radius 3 is 2.17 bits per heavy atom. The molecule has 1 aliphatic rings. The Morgan fingerprint density at radius 1 is 0.867 bits per heavy atom. The van der Waals surface area contributed by atoms with Crippen molar-refractivity contribution < 1.29 is 9.47 Å². The molecule has 8 nitrogen and oxygen atoms in total. The predicted molar refractivity (Wildman–Crippen MR) is 111 cm³/mol. The van der Waals surface area contributed by atoms with E-state index in [0.29, 0.717) is 36.0 Å². The lowest BCUT2D eigenvalue weighted by Gasteiger charge is -2.34. The zero-order valence-corrected chi connectivity index (χ0v) is 17.0. The Kier molecular flexibility index (Phi) is 8.40. The van der Waals surface area contributed by atoms with E-state index in [2.05, 4.69) is 25.8 Å². The van der Waals surface area contributed by atoms with Crippen LogP contribution in [0.15, 0.2) is 36.8 Å². The third-order valence-electron chi connectivity index (χ3n) is 4.98. The highest BCUT2D eigenvalue weighted by Gasteiger charge is 2.16. The lowest BCUT2D eigenvalue weighted by atomic mass is 10.2. The van der Waals surface area contributed by atoms with Gasteiger partial charge in [-0.05, 0) is 25.0 Å². The average molecular weight is 406 g/mol. The fourth-order valence-electron chi connectivity index (χ4n) is 3.30. The van der Waals surface area contributed by atoms with Gasteiger partial charge in [0.1, 0.15) is 23.5 Å². The van der Waals surface area contributed by atoms with Gasteiger partial charge in [0.05, 0.1) is 18.8 Å². The number of aromatic nitrogens is 2. The van der Waals surface area contributed by atoms with E-state index in [1.807, 2.05) is 6.07 Å². The number of pyridine rings is 2.